The second-order valence-corrected chi connectivity index (χ2v) is 4.78. The van der Waals surface area contributed by atoms with Crippen molar-refractivity contribution in [2.45, 2.75) is 6.92 Å². The van der Waals surface area contributed by atoms with E-state index in [1.807, 2.05) is 0 Å². The molecule has 2 heterocycles. The Labute approximate surface area is 108 Å². The Morgan fingerprint density at radius 3 is 2.72 bits per heavy atom. The lowest BCUT2D eigenvalue weighted by atomic mass is 9.41. The SMILES string of the molecule is Cc1cccc(B2C=CN(C)c3ccccc32)[nH+]1. The van der Waals surface area contributed by atoms with Gasteiger partial charge in [-0.05, 0) is 23.8 Å². The number of rotatable bonds is 1. The Hall–Kier alpha value is -2.03. The van der Waals surface area contributed by atoms with Crippen LogP contribution in [0.4, 0.5) is 5.69 Å². The third kappa shape index (κ3) is 1.82. The molecule has 2 aromatic rings. The van der Waals surface area contributed by atoms with E-state index in [0.29, 0.717) is 6.71 Å². The second kappa shape index (κ2) is 4.33. The van der Waals surface area contributed by atoms with E-state index in [1.165, 1.54) is 22.4 Å². The van der Waals surface area contributed by atoms with Crippen LogP contribution < -0.4 is 20.9 Å². The first-order valence-electron chi connectivity index (χ1n) is 6.24. The van der Waals surface area contributed by atoms with Gasteiger partial charge in [-0.25, -0.2) is 4.98 Å². The number of aromatic nitrogens is 1. The summed E-state index contributed by atoms with van der Waals surface area (Å²) in [6.07, 6.45) is 2.14. The summed E-state index contributed by atoms with van der Waals surface area (Å²) >= 11 is 0. The molecule has 3 heteroatoms. The molecule has 1 aliphatic rings. The lowest BCUT2D eigenvalue weighted by Crippen LogP contribution is -2.53. The summed E-state index contributed by atoms with van der Waals surface area (Å²) in [5.41, 5.74) is 5.06. The smallest absolute Gasteiger partial charge is 0.321 e. The van der Waals surface area contributed by atoms with Crippen molar-refractivity contribution in [3.63, 3.8) is 0 Å². The Morgan fingerprint density at radius 2 is 1.89 bits per heavy atom. The summed E-state index contributed by atoms with van der Waals surface area (Å²) in [5, 5.41) is 0. The summed E-state index contributed by atoms with van der Waals surface area (Å²) in [6.45, 7) is 2.41. The molecule has 0 saturated carbocycles. The monoisotopic (exact) mass is 235 g/mol. The van der Waals surface area contributed by atoms with E-state index in [0.717, 1.165) is 0 Å². The number of fused-ring (bicyclic) bond motifs is 1. The molecular weight excluding hydrogens is 219 g/mol. The van der Waals surface area contributed by atoms with E-state index in [9.17, 15) is 0 Å². The molecule has 0 saturated heterocycles. The number of benzene rings is 1. The predicted molar refractivity (Wildman–Crippen MR) is 76.7 cm³/mol. The van der Waals surface area contributed by atoms with Gasteiger partial charge in [-0.15, -0.1) is 0 Å². The number of H-pyrrole nitrogens is 1. The van der Waals surface area contributed by atoms with Gasteiger partial charge in [-0.2, -0.15) is 0 Å². The highest BCUT2D eigenvalue weighted by Gasteiger charge is 2.28. The van der Waals surface area contributed by atoms with Gasteiger partial charge < -0.3 is 4.90 Å². The van der Waals surface area contributed by atoms with Crippen LogP contribution in [0.5, 0.6) is 0 Å². The molecule has 0 bridgehead atoms. The summed E-state index contributed by atoms with van der Waals surface area (Å²) < 4.78 is 0. The van der Waals surface area contributed by atoms with Crippen molar-refractivity contribution in [3.05, 3.63) is 60.3 Å². The first-order chi connectivity index (χ1) is 8.75. The molecular formula is C15H16BN2+. The summed E-state index contributed by atoms with van der Waals surface area (Å²) in [4.78, 5) is 5.63. The van der Waals surface area contributed by atoms with Crippen molar-refractivity contribution in [2.24, 2.45) is 0 Å². The molecule has 1 aromatic carbocycles. The molecule has 2 nitrogen and oxygen atoms in total. The number of nitrogens with zero attached hydrogens (tertiary/aromatic N) is 1. The van der Waals surface area contributed by atoms with Crippen LogP contribution in [0, 0.1) is 6.92 Å². The number of hydrogen-bond acceptors (Lipinski definition) is 1. The largest absolute Gasteiger partial charge is 0.353 e. The topological polar surface area (TPSA) is 17.4 Å². The maximum Gasteiger partial charge on any atom is 0.321 e. The van der Waals surface area contributed by atoms with Crippen molar-refractivity contribution in [2.75, 3.05) is 11.9 Å². The van der Waals surface area contributed by atoms with Gasteiger partial charge in [0.25, 0.3) is 0 Å². The molecule has 0 spiro atoms. The zero-order valence-electron chi connectivity index (χ0n) is 10.7. The molecule has 88 valence electrons. The highest BCUT2D eigenvalue weighted by Crippen LogP contribution is 2.14. The molecule has 0 amide bonds. The number of pyridine rings is 1. The third-order valence-electron chi connectivity index (χ3n) is 3.45. The van der Waals surface area contributed by atoms with Crippen molar-refractivity contribution < 1.29 is 4.98 Å². The average Bonchev–Trinajstić information content (AvgIpc) is 2.39. The maximum absolute atomic E-state index is 3.46. The van der Waals surface area contributed by atoms with Crippen LogP contribution in [0.1, 0.15) is 5.69 Å². The predicted octanol–water partition coefficient (Wildman–Crippen LogP) is 0.921. The normalized spacial score (nSPS) is 13.7. The van der Waals surface area contributed by atoms with Gasteiger partial charge in [0.1, 0.15) is 5.59 Å². The molecule has 3 rings (SSSR count). The van der Waals surface area contributed by atoms with Crippen LogP contribution in [0.25, 0.3) is 0 Å². The lowest BCUT2D eigenvalue weighted by molar-refractivity contribution is -0.366. The third-order valence-corrected chi connectivity index (χ3v) is 3.45. The van der Waals surface area contributed by atoms with Crippen molar-refractivity contribution in [1.82, 2.24) is 0 Å². The van der Waals surface area contributed by atoms with Gasteiger partial charge in [-0.3, -0.25) is 0 Å². The molecule has 1 aliphatic heterocycles. The Balaban J connectivity index is 2.11. The van der Waals surface area contributed by atoms with Crippen molar-refractivity contribution in [1.29, 1.82) is 0 Å². The van der Waals surface area contributed by atoms with Crippen LogP contribution in [-0.4, -0.2) is 13.8 Å². The minimum atomic E-state index is 0.317. The maximum atomic E-state index is 3.46. The van der Waals surface area contributed by atoms with Gasteiger partial charge in [0.15, 0.2) is 5.69 Å². The quantitative estimate of drug-likeness (QED) is 0.672. The van der Waals surface area contributed by atoms with Crippen LogP contribution >= 0.6 is 0 Å². The number of hydrogen-bond donors (Lipinski definition) is 0. The standard InChI is InChI=1S/C15H15BN2/c1-12-6-5-9-15(17-12)16-10-11-18(2)14-8-4-3-7-13(14)16/h3-11H,1-2H3/p+1. The van der Waals surface area contributed by atoms with Gasteiger partial charge >= 0.3 is 6.71 Å². The van der Waals surface area contributed by atoms with Gasteiger partial charge in [0.2, 0.25) is 0 Å². The summed E-state index contributed by atoms with van der Waals surface area (Å²) in [6, 6.07) is 14.9. The number of aromatic amines is 1. The van der Waals surface area contributed by atoms with Crippen LogP contribution in [0.15, 0.2) is 54.6 Å². The molecule has 0 radical (unpaired) electrons. The van der Waals surface area contributed by atoms with Gasteiger partial charge in [0.05, 0.1) is 0 Å². The van der Waals surface area contributed by atoms with E-state index in [1.54, 1.807) is 0 Å². The van der Waals surface area contributed by atoms with Gasteiger partial charge in [0, 0.05) is 25.7 Å². The fraction of sp³-hybridized carbons (Fsp3) is 0.133. The minimum Gasteiger partial charge on any atom is -0.353 e. The molecule has 0 atom stereocenters. The van der Waals surface area contributed by atoms with E-state index in [4.69, 9.17) is 0 Å². The van der Waals surface area contributed by atoms with Crippen LogP contribution in [0.3, 0.4) is 0 Å². The zero-order valence-corrected chi connectivity index (χ0v) is 10.7. The van der Waals surface area contributed by atoms with Crippen LogP contribution in [0.2, 0.25) is 0 Å². The Bertz CT molecular complexity index is 607. The summed E-state index contributed by atoms with van der Waals surface area (Å²) in [7, 11) is 2.09. The van der Waals surface area contributed by atoms with Crippen molar-refractivity contribution in [3.8, 4) is 0 Å². The molecule has 1 N–H and O–H groups in total. The molecule has 0 aliphatic carbocycles. The molecule has 0 unspecified atom stereocenters. The highest BCUT2D eigenvalue weighted by atomic mass is 15.1. The average molecular weight is 235 g/mol. The number of para-hydroxylation sites is 1. The Morgan fingerprint density at radius 1 is 1.06 bits per heavy atom. The number of anilines is 1. The van der Waals surface area contributed by atoms with E-state index >= 15 is 0 Å². The number of nitrogens with one attached hydrogen (secondary N) is 1. The van der Waals surface area contributed by atoms with Crippen LogP contribution in [-0.2, 0) is 0 Å². The van der Waals surface area contributed by atoms with E-state index in [-0.39, 0.29) is 0 Å². The number of aryl methyl sites for hydroxylation is 1. The lowest BCUT2D eigenvalue weighted by Gasteiger charge is -2.24. The zero-order chi connectivity index (χ0) is 12.5. The first-order valence-corrected chi connectivity index (χ1v) is 6.24. The fourth-order valence-electron chi connectivity index (χ4n) is 2.53. The minimum absolute atomic E-state index is 0.317. The molecule has 1 aromatic heterocycles. The van der Waals surface area contributed by atoms with Gasteiger partial charge in [-0.1, -0.05) is 30.2 Å². The summed E-state index contributed by atoms with van der Waals surface area (Å²) in [5.74, 6) is 2.24. The highest BCUT2D eigenvalue weighted by molar-refractivity contribution is 6.89. The second-order valence-electron chi connectivity index (χ2n) is 4.78. The van der Waals surface area contributed by atoms with Crippen molar-refractivity contribution >= 4 is 23.5 Å². The first kappa shape index (κ1) is 11.1. The van der Waals surface area contributed by atoms with E-state index < -0.39 is 0 Å². The molecule has 0 fully saturated rings. The fourth-order valence-corrected chi connectivity index (χ4v) is 2.53. The Kier molecular flexibility index (Phi) is 2.67. The van der Waals surface area contributed by atoms with E-state index in [2.05, 4.69) is 78.5 Å². The molecule has 18 heavy (non-hydrogen) atoms.